The van der Waals surface area contributed by atoms with E-state index in [-0.39, 0.29) is 30.4 Å². The number of nitrogens with zero attached hydrogens (tertiary/aromatic N) is 1. The standard InChI is InChI=1S/C26H32FN3O6S/c1-17(2)36-13-10-28-16-18-4-6-21(23(27)14-18)19-5-7-22-20(15-19)8-11-30(26(22)32)12-9-24(25(31)29-33)37(3,34)35/h4-8,11,14-15,17,24,28,33H,9-10,12-13,16H2,1-3H3,(H,29,31). The molecule has 9 nitrogen and oxygen atoms in total. The third-order valence-corrected chi connectivity index (χ3v) is 7.42. The first-order valence-corrected chi connectivity index (χ1v) is 13.8. The van der Waals surface area contributed by atoms with E-state index in [0.29, 0.717) is 41.6 Å². The molecule has 0 spiro atoms. The van der Waals surface area contributed by atoms with Crippen molar-refractivity contribution in [3.63, 3.8) is 0 Å². The van der Waals surface area contributed by atoms with Gasteiger partial charge in [-0.05, 0) is 61.0 Å². The molecule has 1 amide bonds. The minimum Gasteiger partial charge on any atom is -0.377 e. The highest BCUT2D eigenvalue weighted by molar-refractivity contribution is 7.92. The van der Waals surface area contributed by atoms with Gasteiger partial charge in [0.15, 0.2) is 9.84 Å². The molecule has 1 aromatic heterocycles. The zero-order chi connectivity index (χ0) is 27.2. The van der Waals surface area contributed by atoms with E-state index in [0.717, 1.165) is 11.8 Å². The van der Waals surface area contributed by atoms with E-state index in [1.165, 1.54) is 22.3 Å². The number of hydroxylamine groups is 1. The number of sulfone groups is 1. The van der Waals surface area contributed by atoms with Crippen molar-refractivity contribution in [3.8, 4) is 11.1 Å². The van der Waals surface area contributed by atoms with Crippen molar-refractivity contribution in [3.05, 3.63) is 70.4 Å². The van der Waals surface area contributed by atoms with Crippen LogP contribution in [0.4, 0.5) is 4.39 Å². The zero-order valence-electron chi connectivity index (χ0n) is 21.0. The summed E-state index contributed by atoms with van der Waals surface area (Å²) in [7, 11) is -3.79. The van der Waals surface area contributed by atoms with Crippen LogP contribution in [0, 0.1) is 5.82 Å². The number of aromatic nitrogens is 1. The first-order valence-electron chi connectivity index (χ1n) is 11.9. The van der Waals surface area contributed by atoms with Crippen LogP contribution < -0.4 is 16.4 Å². The lowest BCUT2D eigenvalue weighted by Gasteiger charge is -2.14. The van der Waals surface area contributed by atoms with Crippen LogP contribution in [0.1, 0.15) is 25.8 Å². The van der Waals surface area contributed by atoms with Crippen LogP contribution in [0.15, 0.2) is 53.5 Å². The second-order valence-electron chi connectivity index (χ2n) is 9.11. The highest BCUT2D eigenvalue weighted by Gasteiger charge is 2.28. The van der Waals surface area contributed by atoms with Gasteiger partial charge in [-0.2, -0.15) is 0 Å². The maximum Gasteiger partial charge on any atom is 0.261 e. The molecular weight excluding hydrogens is 501 g/mol. The molecule has 3 rings (SSSR count). The average Bonchev–Trinajstić information content (AvgIpc) is 2.84. The molecule has 0 saturated heterocycles. The zero-order valence-corrected chi connectivity index (χ0v) is 21.8. The second-order valence-corrected chi connectivity index (χ2v) is 11.3. The lowest BCUT2D eigenvalue weighted by Crippen LogP contribution is -2.39. The monoisotopic (exact) mass is 533 g/mol. The topological polar surface area (TPSA) is 127 Å². The van der Waals surface area contributed by atoms with Gasteiger partial charge in [0.1, 0.15) is 11.1 Å². The van der Waals surface area contributed by atoms with Crippen molar-refractivity contribution in [2.24, 2.45) is 0 Å². The van der Waals surface area contributed by atoms with Gasteiger partial charge in [-0.1, -0.05) is 18.2 Å². The molecule has 0 saturated carbocycles. The van der Waals surface area contributed by atoms with Gasteiger partial charge in [-0.25, -0.2) is 18.3 Å². The summed E-state index contributed by atoms with van der Waals surface area (Å²) in [6.07, 6.45) is 2.36. The highest BCUT2D eigenvalue weighted by atomic mass is 32.2. The number of ether oxygens (including phenoxy) is 1. The molecule has 37 heavy (non-hydrogen) atoms. The second kappa shape index (κ2) is 12.4. The first-order chi connectivity index (χ1) is 17.5. The Labute approximate surface area is 215 Å². The Kier molecular flexibility index (Phi) is 9.55. The van der Waals surface area contributed by atoms with E-state index >= 15 is 0 Å². The fourth-order valence-electron chi connectivity index (χ4n) is 4.00. The molecule has 1 unspecified atom stereocenters. The molecule has 3 N–H and O–H groups in total. The number of nitrogens with one attached hydrogen (secondary N) is 2. The number of hydrogen-bond acceptors (Lipinski definition) is 7. The van der Waals surface area contributed by atoms with Crippen molar-refractivity contribution in [1.82, 2.24) is 15.4 Å². The van der Waals surface area contributed by atoms with Crippen LogP contribution in [0.5, 0.6) is 0 Å². The van der Waals surface area contributed by atoms with Crippen molar-refractivity contribution in [2.45, 2.75) is 44.7 Å². The SMILES string of the molecule is CC(C)OCCNCc1ccc(-c2ccc3c(=O)n(CCC(C(=O)NO)S(C)(=O)=O)ccc3c2)c(F)c1. The number of rotatable bonds is 12. The normalized spacial score (nSPS) is 12.7. The molecule has 3 aromatic rings. The lowest BCUT2D eigenvalue weighted by atomic mass is 10.00. The van der Waals surface area contributed by atoms with Crippen LogP contribution in [0.25, 0.3) is 21.9 Å². The molecule has 0 aliphatic heterocycles. The Bertz CT molecular complexity index is 1420. The third-order valence-electron chi connectivity index (χ3n) is 5.93. The Morgan fingerprint density at radius 3 is 2.57 bits per heavy atom. The van der Waals surface area contributed by atoms with E-state index < -0.39 is 21.0 Å². The predicted octanol–water partition coefficient (Wildman–Crippen LogP) is 2.63. The van der Waals surface area contributed by atoms with Gasteiger partial charge in [0, 0.05) is 43.0 Å². The third kappa shape index (κ3) is 7.45. The smallest absolute Gasteiger partial charge is 0.261 e. The van der Waals surface area contributed by atoms with Gasteiger partial charge in [0.25, 0.3) is 11.5 Å². The Hall–Kier alpha value is -3.12. The minimum atomic E-state index is -3.79. The summed E-state index contributed by atoms with van der Waals surface area (Å²) >= 11 is 0. The molecule has 1 heterocycles. The number of benzene rings is 2. The molecule has 0 bridgehead atoms. The Morgan fingerprint density at radius 1 is 1.16 bits per heavy atom. The average molecular weight is 534 g/mol. The van der Waals surface area contributed by atoms with Crippen molar-refractivity contribution in [1.29, 1.82) is 0 Å². The summed E-state index contributed by atoms with van der Waals surface area (Å²) in [5, 5.41) is 11.5. The molecule has 11 heteroatoms. The summed E-state index contributed by atoms with van der Waals surface area (Å²) in [6, 6.07) is 11.7. The van der Waals surface area contributed by atoms with Crippen molar-refractivity contribution < 1.29 is 27.5 Å². The van der Waals surface area contributed by atoms with Gasteiger partial charge in [-0.3, -0.25) is 14.8 Å². The van der Waals surface area contributed by atoms with E-state index in [1.54, 1.807) is 30.3 Å². The number of aryl methyl sites for hydroxylation is 1. The molecule has 0 fully saturated rings. The van der Waals surface area contributed by atoms with Crippen LogP contribution in [-0.4, -0.2) is 54.9 Å². The summed E-state index contributed by atoms with van der Waals surface area (Å²) in [4.78, 5) is 24.7. The number of halogens is 1. The molecule has 0 radical (unpaired) electrons. The number of carbonyl (C=O) groups excluding carboxylic acids is 1. The number of carbonyl (C=O) groups is 1. The summed E-state index contributed by atoms with van der Waals surface area (Å²) in [5.41, 5.74) is 2.81. The maximum absolute atomic E-state index is 14.9. The van der Waals surface area contributed by atoms with Crippen LogP contribution in [0.3, 0.4) is 0 Å². The van der Waals surface area contributed by atoms with E-state index in [9.17, 15) is 22.4 Å². The molecule has 0 aliphatic carbocycles. The van der Waals surface area contributed by atoms with Gasteiger partial charge in [0.05, 0.1) is 12.7 Å². The van der Waals surface area contributed by atoms with Gasteiger partial charge in [-0.15, -0.1) is 0 Å². The molecule has 2 aromatic carbocycles. The summed E-state index contributed by atoms with van der Waals surface area (Å²) in [6.45, 7) is 5.63. The van der Waals surface area contributed by atoms with Gasteiger partial charge < -0.3 is 14.6 Å². The molecule has 1 atom stereocenters. The maximum atomic E-state index is 14.9. The van der Waals surface area contributed by atoms with Gasteiger partial charge in [0.2, 0.25) is 0 Å². The number of pyridine rings is 1. The molecule has 200 valence electrons. The van der Waals surface area contributed by atoms with Crippen molar-refractivity contribution in [2.75, 3.05) is 19.4 Å². The Morgan fingerprint density at radius 2 is 1.92 bits per heavy atom. The lowest BCUT2D eigenvalue weighted by molar-refractivity contribution is -0.128. The molecule has 0 aliphatic rings. The number of hydrogen-bond donors (Lipinski definition) is 3. The van der Waals surface area contributed by atoms with Crippen molar-refractivity contribution >= 4 is 26.5 Å². The predicted molar refractivity (Wildman–Crippen MR) is 140 cm³/mol. The number of fused-ring (bicyclic) bond motifs is 1. The van der Waals surface area contributed by atoms with Crippen LogP contribution >= 0.6 is 0 Å². The largest absolute Gasteiger partial charge is 0.377 e. The number of amides is 1. The highest BCUT2D eigenvalue weighted by Crippen LogP contribution is 2.26. The van der Waals surface area contributed by atoms with E-state index in [1.807, 2.05) is 19.9 Å². The summed E-state index contributed by atoms with van der Waals surface area (Å²) < 4.78 is 45.4. The fourth-order valence-corrected chi connectivity index (χ4v) is 4.98. The van der Waals surface area contributed by atoms with Gasteiger partial charge >= 0.3 is 0 Å². The van der Waals surface area contributed by atoms with E-state index in [4.69, 9.17) is 9.94 Å². The fraction of sp³-hybridized carbons (Fsp3) is 0.385. The van der Waals surface area contributed by atoms with Crippen LogP contribution in [-0.2, 0) is 32.5 Å². The Balaban J connectivity index is 1.75. The first kappa shape index (κ1) is 28.5. The minimum absolute atomic E-state index is 0.0462. The quantitative estimate of drug-likeness (QED) is 0.186. The molecular formula is C26H32FN3O6S. The van der Waals surface area contributed by atoms with Crippen LogP contribution in [0.2, 0.25) is 0 Å². The summed E-state index contributed by atoms with van der Waals surface area (Å²) in [5.74, 6) is -1.43. The van der Waals surface area contributed by atoms with E-state index in [2.05, 4.69) is 5.32 Å².